The van der Waals surface area contributed by atoms with Gasteiger partial charge >= 0.3 is 0 Å². The molecule has 2 aromatic rings. The molecule has 1 fully saturated rings. The highest BCUT2D eigenvalue weighted by molar-refractivity contribution is 5.92. The molecule has 1 N–H and O–H groups in total. The molecular weight excluding hydrogens is 310 g/mol. The van der Waals surface area contributed by atoms with Crippen LogP contribution in [0.25, 0.3) is 6.08 Å². The highest BCUT2D eigenvalue weighted by Gasteiger charge is 2.19. The molecule has 0 aliphatic carbocycles. The van der Waals surface area contributed by atoms with Gasteiger partial charge in [-0.3, -0.25) is 4.79 Å². The summed E-state index contributed by atoms with van der Waals surface area (Å²) >= 11 is 0. The number of aromatic amines is 1. The van der Waals surface area contributed by atoms with Gasteiger partial charge in [0, 0.05) is 50.1 Å². The second-order valence-electron chi connectivity index (χ2n) is 6.73. The summed E-state index contributed by atoms with van der Waals surface area (Å²) in [7, 11) is 0. The molecule has 1 aliphatic rings. The van der Waals surface area contributed by atoms with Crippen molar-refractivity contribution in [3.63, 3.8) is 0 Å². The van der Waals surface area contributed by atoms with Crippen molar-refractivity contribution < 1.29 is 9.78 Å². The highest BCUT2D eigenvalue weighted by atomic mass is 16.2. The van der Waals surface area contributed by atoms with Gasteiger partial charge in [-0.15, -0.1) is 0 Å². The summed E-state index contributed by atoms with van der Waals surface area (Å²) in [6.45, 7) is 7.62. The number of benzene rings is 1. The Morgan fingerprint density at radius 2 is 1.64 bits per heavy atom. The molecule has 1 saturated heterocycles. The fourth-order valence-electron chi connectivity index (χ4n) is 3.04. The number of aromatic nitrogens is 1. The first-order valence-electron chi connectivity index (χ1n) is 8.91. The van der Waals surface area contributed by atoms with Crippen molar-refractivity contribution in [1.29, 1.82) is 0 Å². The quantitative estimate of drug-likeness (QED) is 0.805. The average Bonchev–Trinajstić information content (AvgIpc) is 2.67. The van der Waals surface area contributed by atoms with Gasteiger partial charge in [0.05, 0.1) is 0 Å². The zero-order valence-corrected chi connectivity index (χ0v) is 15.0. The molecule has 0 radical (unpaired) electrons. The molecule has 1 aliphatic heterocycles. The lowest BCUT2D eigenvalue weighted by molar-refractivity contribution is -0.377. The number of carbonyl (C=O) groups excluding carboxylic acids is 1. The second kappa shape index (κ2) is 7.97. The van der Waals surface area contributed by atoms with E-state index in [2.05, 4.69) is 60.1 Å². The SMILES string of the molecule is CC(C)c1ccc(/C=C/C(=O)N2CCN(c3cc[nH+]cc3)CC2)cc1. The number of piperazine rings is 1. The summed E-state index contributed by atoms with van der Waals surface area (Å²) in [6, 6.07) is 12.5. The van der Waals surface area contributed by atoms with E-state index >= 15 is 0 Å². The van der Waals surface area contributed by atoms with Gasteiger partial charge in [-0.25, -0.2) is 4.98 Å². The van der Waals surface area contributed by atoms with Crippen LogP contribution in [0.3, 0.4) is 0 Å². The summed E-state index contributed by atoms with van der Waals surface area (Å²) in [5, 5.41) is 0. The Balaban J connectivity index is 1.54. The maximum Gasteiger partial charge on any atom is 0.246 e. The van der Waals surface area contributed by atoms with E-state index < -0.39 is 0 Å². The Bertz CT molecular complexity index is 715. The average molecular weight is 336 g/mol. The summed E-state index contributed by atoms with van der Waals surface area (Å²) in [5.41, 5.74) is 3.58. The normalized spacial score (nSPS) is 15.2. The number of hydrogen-bond acceptors (Lipinski definition) is 2. The van der Waals surface area contributed by atoms with E-state index in [9.17, 15) is 4.79 Å². The van der Waals surface area contributed by atoms with Gasteiger partial charge in [-0.1, -0.05) is 38.1 Å². The molecule has 0 saturated carbocycles. The van der Waals surface area contributed by atoms with Crippen LogP contribution >= 0.6 is 0 Å². The third-order valence-corrected chi connectivity index (χ3v) is 4.68. The zero-order chi connectivity index (χ0) is 17.6. The van der Waals surface area contributed by atoms with Crippen LogP contribution in [-0.2, 0) is 4.79 Å². The van der Waals surface area contributed by atoms with Crippen molar-refractivity contribution in [3.05, 3.63) is 66.0 Å². The molecule has 25 heavy (non-hydrogen) atoms. The van der Waals surface area contributed by atoms with E-state index in [-0.39, 0.29) is 5.91 Å². The van der Waals surface area contributed by atoms with Gasteiger partial charge in [0.2, 0.25) is 5.91 Å². The maximum atomic E-state index is 12.4. The Kier molecular flexibility index (Phi) is 5.49. The maximum absolute atomic E-state index is 12.4. The monoisotopic (exact) mass is 336 g/mol. The van der Waals surface area contributed by atoms with E-state index in [1.807, 2.05) is 23.4 Å². The number of rotatable bonds is 4. The lowest BCUT2D eigenvalue weighted by Crippen LogP contribution is -2.48. The molecule has 0 atom stereocenters. The van der Waals surface area contributed by atoms with Crippen LogP contribution in [0, 0.1) is 0 Å². The number of nitrogens with one attached hydrogen (secondary N) is 1. The molecule has 0 bridgehead atoms. The molecule has 3 rings (SSSR count). The third kappa shape index (κ3) is 4.47. The molecule has 1 aromatic carbocycles. The van der Waals surface area contributed by atoms with Gasteiger partial charge < -0.3 is 9.80 Å². The number of pyridine rings is 1. The summed E-state index contributed by atoms with van der Waals surface area (Å²) in [5.74, 6) is 0.618. The number of anilines is 1. The van der Waals surface area contributed by atoms with Gasteiger partial charge in [0.15, 0.2) is 12.4 Å². The molecular formula is C21H26N3O+. The predicted molar refractivity (Wildman–Crippen MR) is 101 cm³/mol. The van der Waals surface area contributed by atoms with E-state index in [4.69, 9.17) is 0 Å². The molecule has 1 amide bonds. The Hall–Kier alpha value is -2.62. The third-order valence-electron chi connectivity index (χ3n) is 4.68. The number of nitrogens with zero attached hydrogens (tertiary/aromatic N) is 2. The van der Waals surface area contributed by atoms with E-state index in [0.29, 0.717) is 5.92 Å². The molecule has 130 valence electrons. The highest BCUT2D eigenvalue weighted by Crippen LogP contribution is 2.16. The molecule has 0 unspecified atom stereocenters. The van der Waals surface area contributed by atoms with Crippen LogP contribution in [0.1, 0.15) is 30.9 Å². The van der Waals surface area contributed by atoms with Gasteiger partial charge in [0.1, 0.15) is 0 Å². The largest absolute Gasteiger partial charge is 0.368 e. The lowest BCUT2D eigenvalue weighted by atomic mass is 10.0. The standard InChI is InChI=1S/C21H25N3O/c1-17(2)19-6-3-18(4-7-19)5-8-21(25)24-15-13-23(14-16-24)20-9-11-22-12-10-20/h3-12,17H,13-16H2,1-2H3/p+1/b8-5+. The van der Waals surface area contributed by atoms with Crippen molar-refractivity contribution in [2.24, 2.45) is 0 Å². The van der Waals surface area contributed by atoms with Gasteiger partial charge in [-0.05, 0) is 23.1 Å². The van der Waals surface area contributed by atoms with Crippen LogP contribution in [-0.4, -0.2) is 37.0 Å². The minimum Gasteiger partial charge on any atom is -0.368 e. The summed E-state index contributed by atoms with van der Waals surface area (Å²) < 4.78 is 0. The van der Waals surface area contributed by atoms with Crippen LogP contribution in [0.4, 0.5) is 5.69 Å². The zero-order valence-electron chi connectivity index (χ0n) is 15.0. The topological polar surface area (TPSA) is 37.7 Å². The Labute approximate surface area is 149 Å². The summed E-state index contributed by atoms with van der Waals surface area (Å²) in [4.78, 5) is 19.7. The van der Waals surface area contributed by atoms with Crippen molar-refractivity contribution in [2.45, 2.75) is 19.8 Å². The van der Waals surface area contributed by atoms with Crippen LogP contribution in [0.15, 0.2) is 54.9 Å². The van der Waals surface area contributed by atoms with Gasteiger partial charge in [0.25, 0.3) is 0 Å². The molecule has 2 heterocycles. The van der Waals surface area contributed by atoms with Crippen molar-refractivity contribution >= 4 is 17.7 Å². The minimum atomic E-state index is 0.0916. The first-order chi connectivity index (χ1) is 12.1. The molecule has 0 spiro atoms. The lowest BCUT2D eigenvalue weighted by Gasteiger charge is -2.35. The van der Waals surface area contributed by atoms with Crippen LogP contribution < -0.4 is 9.88 Å². The number of hydrogen-bond donors (Lipinski definition) is 0. The predicted octanol–water partition coefficient (Wildman–Crippen LogP) is 2.99. The molecule has 4 nitrogen and oxygen atoms in total. The number of amides is 1. The molecule has 4 heteroatoms. The van der Waals surface area contributed by atoms with Crippen molar-refractivity contribution in [2.75, 3.05) is 31.1 Å². The first-order valence-corrected chi connectivity index (χ1v) is 8.91. The number of H-pyrrole nitrogens is 1. The number of carbonyl (C=O) groups is 1. The minimum absolute atomic E-state index is 0.0916. The second-order valence-corrected chi connectivity index (χ2v) is 6.73. The smallest absolute Gasteiger partial charge is 0.246 e. The van der Waals surface area contributed by atoms with E-state index in [1.54, 1.807) is 6.08 Å². The fraction of sp³-hybridized carbons (Fsp3) is 0.333. The summed E-state index contributed by atoms with van der Waals surface area (Å²) in [6.07, 6.45) is 7.46. The fourth-order valence-corrected chi connectivity index (χ4v) is 3.04. The van der Waals surface area contributed by atoms with E-state index in [0.717, 1.165) is 31.7 Å². The van der Waals surface area contributed by atoms with Gasteiger partial charge in [-0.2, -0.15) is 0 Å². The van der Waals surface area contributed by atoms with Crippen LogP contribution in [0.5, 0.6) is 0 Å². The van der Waals surface area contributed by atoms with Crippen LogP contribution in [0.2, 0.25) is 0 Å². The molecule has 1 aromatic heterocycles. The van der Waals surface area contributed by atoms with Crippen molar-refractivity contribution in [1.82, 2.24) is 4.90 Å². The Morgan fingerprint density at radius 1 is 1.00 bits per heavy atom. The van der Waals surface area contributed by atoms with E-state index in [1.165, 1.54) is 11.3 Å². The Morgan fingerprint density at radius 3 is 2.24 bits per heavy atom. The first kappa shape index (κ1) is 17.2. The van der Waals surface area contributed by atoms with Crippen molar-refractivity contribution in [3.8, 4) is 0 Å².